The number of carbonyl (C=O) groups is 2. The maximum atomic E-state index is 13.0. The molecule has 1 amide bonds. The monoisotopic (exact) mass is 418 g/mol. The van der Waals surface area contributed by atoms with E-state index in [1.54, 1.807) is 67.8 Å². The molecule has 1 N–H and O–H groups in total. The molecule has 1 fully saturated rings. The maximum absolute atomic E-state index is 13.0. The van der Waals surface area contributed by atoms with Crippen molar-refractivity contribution in [2.24, 2.45) is 0 Å². The first-order valence-corrected chi connectivity index (χ1v) is 9.96. The van der Waals surface area contributed by atoms with Gasteiger partial charge in [0.2, 0.25) is 0 Å². The van der Waals surface area contributed by atoms with Gasteiger partial charge < -0.3 is 19.2 Å². The smallest absolute Gasteiger partial charge is 0.296 e. The van der Waals surface area contributed by atoms with Gasteiger partial charge in [-0.2, -0.15) is 0 Å². The number of benzene rings is 1. The lowest BCUT2D eigenvalue weighted by Crippen LogP contribution is -2.29. The molecule has 1 aromatic carbocycles. The molecular weight excluding hydrogens is 396 g/mol. The average Bonchev–Trinajstić information content (AvgIpc) is 3.31. The van der Waals surface area contributed by atoms with Crippen LogP contribution in [0, 0.1) is 6.92 Å². The Hall–Kier alpha value is -3.87. The fourth-order valence-corrected chi connectivity index (χ4v) is 3.68. The maximum Gasteiger partial charge on any atom is 0.296 e. The van der Waals surface area contributed by atoms with Gasteiger partial charge in [-0.05, 0) is 55.8 Å². The third-order valence-electron chi connectivity index (χ3n) is 5.09. The quantitative estimate of drug-likeness (QED) is 0.369. The van der Waals surface area contributed by atoms with Crippen molar-refractivity contribution >= 4 is 17.4 Å². The number of aliphatic hydroxyl groups is 1. The number of carbonyl (C=O) groups excluding carboxylic acids is 2. The lowest BCUT2D eigenvalue weighted by atomic mass is 9.99. The van der Waals surface area contributed by atoms with E-state index in [4.69, 9.17) is 9.15 Å². The van der Waals surface area contributed by atoms with E-state index in [0.717, 1.165) is 5.56 Å². The normalized spacial score (nSPS) is 17.9. The number of ether oxygens (including phenoxy) is 1. The summed E-state index contributed by atoms with van der Waals surface area (Å²) in [6.07, 6.45) is 3.24. The van der Waals surface area contributed by atoms with Crippen molar-refractivity contribution in [2.45, 2.75) is 26.4 Å². The molecule has 2 aromatic heterocycles. The van der Waals surface area contributed by atoms with Gasteiger partial charge >= 0.3 is 0 Å². The number of likely N-dealkylation sites (tertiary alicyclic amines) is 1. The number of Topliss-reactive ketones (excluding diaryl/α,β-unsaturated/α-hetero) is 1. The molecule has 158 valence electrons. The predicted molar refractivity (Wildman–Crippen MR) is 113 cm³/mol. The van der Waals surface area contributed by atoms with Gasteiger partial charge in [0, 0.05) is 24.5 Å². The molecule has 7 heteroatoms. The third-order valence-corrected chi connectivity index (χ3v) is 5.09. The standard InChI is InChI=1S/C24H22N2O5/c1-3-30-18-6-4-5-17(13-18)22(27)20-21(19-8-7-15(2)31-19)26(24(29)23(20)28)14-16-9-11-25-12-10-16/h4-13,21,27H,3,14H2,1-2H3/b22-20-. The lowest BCUT2D eigenvalue weighted by molar-refractivity contribution is -0.140. The van der Waals surface area contributed by atoms with Crippen LogP contribution in [-0.4, -0.2) is 33.3 Å². The van der Waals surface area contributed by atoms with Gasteiger partial charge in [-0.15, -0.1) is 0 Å². The van der Waals surface area contributed by atoms with E-state index in [2.05, 4.69) is 4.98 Å². The van der Waals surface area contributed by atoms with Crippen LogP contribution >= 0.6 is 0 Å². The Morgan fingerprint density at radius 3 is 2.61 bits per heavy atom. The van der Waals surface area contributed by atoms with Gasteiger partial charge in [-0.1, -0.05) is 12.1 Å². The summed E-state index contributed by atoms with van der Waals surface area (Å²) in [5, 5.41) is 11.1. The number of amides is 1. The number of aryl methyl sites for hydroxylation is 1. The van der Waals surface area contributed by atoms with Crippen LogP contribution in [-0.2, 0) is 16.1 Å². The molecule has 7 nitrogen and oxygen atoms in total. The summed E-state index contributed by atoms with van der Waals surface area (Å²) in [7, 11) is 0. The van der Waals surface area contributed by atoms with E-state index < -0.39 is 17.7 Å². The first kappa shape index (κ1) is 20.4. The molecule has 0 bridgehead atoms. The van der Waals surface area contributed by atoms with E-state index in [1.807, 2.05) is 6.92 Å². The summed E-state index contributed by atoms with van der Waals surface area (Å²) < 4.78 is 11.3. The second-order valence-electron chi connectivity index (χ2n) is 7.19. The van der Waals surface area contributed by atoms with Gasteiger partial charge in [-0.3, -0.25) is 14.6 Å². The minimum atomic E-state index is -0.849. The van der Waals surface area contributed by atoms with Gasteiger partial charge in [0.15, 0.2) is 0 Å². The van der Waals surface area contributed by atoms with Crippen molar-refractivity contribution in [1.29, 1.82) is 0 Å². The lowest BCUT2D eigenvalue weighted by Gasteiger charge is -2.23. The number of aliphatic hydroxyl groups excluding tert-OH is 1. The topological polar surface area (TPSA) is 92.9 Å². The minimum absolute atomic E-state index is 0.0120. The van der Waals surface area contributed by atoms with Crippen molar-refractivity contribution in [3.63, 3.8) is 0 Å². The van der Waals surface area contributed by atoms with E-state index in [-0.39, 0.29) is 17.9 Å². The molecule has 1 aliphatic rings. The average molecular weight is 418 g/mol. The molecule has 0 spiro atoms. The summed E-state index contributed by atoms with van der Waals surface area (Å²) >= 11 is 0. The van der Waals surface area contributed by atoms with Crippen LogP contribution in [0.1, 0.15) is 35.6 Å². The van der Waals surface area contributed by atoms with Crippen molar-refractivity contribution in [3.05, 3.63) is 89.1 Å². The van der Waals surface area contributed by atoms with E-state index in [0.29, 0.717) is 29.4 Å². The highest BCUT2D eigenvalue weighted by Gasteiger charge is 2.47. The van der Waals surface area contributed by atoms with Crippen molar-refractivity contribution in [1.82, 2.24) is 9.88 Å². The number of aromatic nitrogens is 1. The number of hydrogen-bond acceptors (Lipinski definition) is 6. The Labute approximate surface area is 179 Å². The summed E-state index contributed by atoms with van der Waals surface area (Å²) in [5.41, 5.74) is 1.19. The zero-order valence-electron chi connectivity index (χ0n) is 17.2. The molecule has 1 saturated heterocycles. The second-order valence-corrected chi connectivity index (χ2v) is 7.19. The summed E-state index contributed by atoms with van der Waals surface area (Å²) in [5.74, 6) is -0.110. The summed E-state index contributed by atoms with van der Waals surface area (Å²) in [6.45, 7) is 4.28. The van der Waals surface area contributed by atoms with Gasteiger partial charge in [0.05, 0.1) is 12.2 Å². The van der Waals surface area contributed by atoms with E-state index in [9.17, 15) is 14.7 Å². The molecule has 1 unspecified atom stereocenters. The Balaban J connectivity index is 1.83. The Morgan fingerprint density at radius 2 is 1.94 bits per heavy atom. The van der Waals surface area contributed by atoms with Gasteiger partial charge in [-0.25, -0.2) is 0 Å². The molecular formula is C24H22N2O5. The number of nitrogens with zero attached hydrogens (tertiary/aromatic N) is 2. The van der Waals surface area contributed by atoms with Crippen molar-refractivity contribution in [3.8, 4) is 5.75 Å². The molecule has 31 heavy (non-hydrogen) atoms. The first-order chi connectivity index (χ1) is 15.0. The number of pyridine rings is 1. The van der Waals surface area contributed by atoms with Crippen LogP contribution in [0.25, 0.3) is 5.76 Å². The first-order valence-electron chi connectivity index (χ1n) is 9.96. The minimum Gasteiger partial charge on any atom is -0.507 e. The largest absolute Gasteiger partial charge is 0.507 e. The number of rotatable bonds is 6. The van der Waals surface area contributed by atoms with Crippen LogP contribution < -0.4 is 4.74 Å². The fourth-order valence-electron chi connectivity index (χ4n) is 3.68. The van der Waals surface area contributed by atoms with Gasteiger partial charge in [0.25, 0.3) is 11.7 Å². The molecule has 1 atom stereocenters. The summed E-state index contributed by atoms with van der Waals surface area (Å²) in [6, 6.07) is 13.0. The second kappa shape index (κ2) is 8.47. The summed E-state index contributed by atoms with van der Waals surface area (Å²) in [4.78, 5) is 31.4. The Morgan fingerprint density at radius 1 is 1.16 bits per heavy atom. The highest BCUT2D eigenvalue weighted by molar-refractivity contribution is 6.46. The highest BCUT2D eigenvalue weighted by Crippen LogP contribution is 2.41. The van der Waals surface area contributed by atoms with Crippen LogP contribution in [0.3, 0.4) is 0 Å². The predicted octanol–water partition coefficient (Wildman–Crippen LogP) is 4.00. The van der Waals surface area contributed by atoms with Crippen LogP contribution in [0.2, 0.25) is 0 Å². The molecule has 4 rings (SSSR count). The van der Waals surface area contributed by atoms with E-state index in [1.165, 1.54) is 4.90 Å². The van der Waals surface area contributed by atoms with Gasteiger partial charge in [0.1, 0.15) is 29.1 Å². The fraction of sp³-hybridized carbons (Fsp3) is 0.208. The molecule has 0 saturated carbocycles. The van der Waals surface area contributed by atoms with Crippen LogP contribution in [0.4, 0.5) is 0 Å². The van der Waals surface area contributed by atoms with Crippen molar-refractivity contribution < 1.29 is 23.8 Å². The zero-order valence-corrected chi connectivity index (χ0v) is 17.2. The van der Waals surface area contributed by atoms with E-state index >= 15 is 0 Å². The third kappa shape index (κ3) is 3.94. The van der Waals surface area contributed by atoms with Crippen molar-refractivity contribution in [2.75, 3.05) is 6.61 Å². The molecule has 3 aromatic rings. The van der Waals surface area contributed by atoms with Crippen LogP contribution in [0.15, 0.2) is 70.9 Å². The number of hydrogen-bond donors (Lipinski definition) is 1. The molecule has 0 aliphatic carbocycles. The zero-order chi connectivity index (χ0) is 22.0. The molecule has 3 heterocycles. The SMILES string of the molecule is CCOc1cccc(/C(O)=C2/C(=O)C(=O)N(Cc3ccncc3)C2c2ccc(C)o2)c1. The highest BCUT2D eigenvalue weighted by atomic mass is 16.5. The Bertz CT molecular complexity index is 1150. The Kier molecular flexibility index (Phi) is 5.58. The number of ketones is 1. The molecule has 0 radical (unpaired) electrons. The molecule has 1 aliphatic heterocycles. The van der Waals surface area contributed by atoms with Crippen LogP contribution in [0.5, 0.6) is 5.75 Å². The number of furan rings is 1.